The summed E-state index contributed by atoms with van der Waals surface area (Å²) in [6, 6.07) is 14.7. The van der Waals surface area contributed by atoms with Crippen LogP contribution >= 0.6 is 0 Å². The Labute approximate surface area is 143 Å². The molecule has 0 spiro atoms. The first-order chi connectivity index (χ1) is 11.6. The van der Waals surface area contributed by atoms with Crippen LogP contribution < -0.4 is 10.6 Å². The molecule has 2 unspecified atom stereocenters. The lowest BCUT2D eigenvalue weighted by atomic mass is 9.97. The van der Waals surface area contributed by atoms with E-state index in [0.29, 0.717) is 6.42 Å². The maximum Gasteiger partial charge on any atom is 0.316 e. The summed E-state index contributed by atoms with van der Waals surface area (Å²) >= 11 is 0. The second-order valence-electron chi connectivity index (χ2n) is 6.17. The van der Waals surface area contributed by atoms with Crippen molar-refractivity contribution in [3.8, 4) is 0 Å². The number of rotatable bonds is 7. The van der Waals surface area contributed by atoms with Gasteiger partial charge < -0.3 is 15.7 Å². The van der Waals surface area contributed by atoms with Gasteiger partial charge in [0.05, 0.1) is 23.9 Å². The van der Waals surface area contributed by atoms with Crippen molar-refractivity contribution in [3.63, 3.8) is 0 Å². The largest absolute Gasteiger partial charge is 0.394 e. The molecule has 0 aliphatic carbocycles. The zero-order valence-electron chi connectivity index (χ0n) is 14.2. The van der Waals surface area contributed by atoms with Crippen LogP contribution in [0, 0.1) is 0 Å². The summed E-state index contributed by atoms with van der Waals surface area (Å²) in [5.41, 5.74) is 1.08. The fourth-order valence-electron chi connectivity index (χ4n) is 2.69. The Morgan fingerprint density at radius 1 is 1.21 bits per heavy atom. The molecule has 24 heavy (non-hydrogen) atoms. The number of aromatic nitrogens is 1. The fourth-order valence-corrected chi connectivity index (χ4v) is 2.69. The molecule has 1 aromatic heterocycles. The number of amides is 2. The van der Waals surface area contributed by atoms with Crippen molar-refractivity contribution in [2.45, 2.75) is 38.3 Å². The normalized spacial score (nSPS) is 14.5. The van der Waals surface area contributed by atoms with Crippen molar-refractivity contribution in [1.82, 2.24) is 15.6 Å². The van der Waals surface area contributed by atoms with Gasteiger partial charge in [-0.25, -0.2) is 4.79 Å². The number of hydrogen-bond donors (Lipinski definition) is 3. The second-order valence-corrected chi connectivity index (χ2v) is 6.17. The molecule has 3 N–H and O–H groups in total. The van der Waals surface area contributed by atoms with Crippen molar-refractivity contribution in [2.24, 2.45) is 0 Å². The average molecular weight is 327 g/mol. The molecule has 128 valence electrons. The molecule has 5 nitrogen and oxygen atoms in total. The van der Waals surface area contributed by atoms with Gasteiger partial charge in [0.15, 0.2) is 0 Å². The Balaban J connectivity index is 2.19. The lowest BCUT2D eigenvalue weighted by Gasteiger charge is -2.29. The van der Waals surface area contributed by atoms with E-state index >= 15 is 0 Å². The van der Waals surface area contributed by atoms with Gasteiger partial charge in [-0.1, -0.05) is 49.7 Å². The quantitative estimate of drug-likeness (QED) is 0.732. The van der Waals surface area contributed by atoms with Gasteiger partial charge in [-0.15, -0.1) is 0 Å². The van der Waals surface area contributed by atoms with E-state index in [2.05, 4.69) is 15.6 Å². The zero-order chi connectivity index (χ0) is 17.4. The van der Waals surface area contributed by atoms with Crippen LogP contribution in [0.15, 0.2) is 54.7 Å². The molecule has 1 heterocycles. The van der Waals surface area contributed by atoms with E-state index in [4.69, 9.17) is 0 Å². The number of carbonyl (C=O) groups is 1. The molecule has 0 bridgehead atoms. The summed E-state index contributed by atoms with van der Waals surface area (Å²) in [5, 5.41) is 15.4. The second kappa shape index (κ2) is 8.45. The third-order valence-electron chi connectivity index (χ3n) is 3.96. The number of carbonyl (C=O) groups excluding carboxylic acids is 1. The number of nitrogens with one attached hydrogen (secondary N) is 2. The molecule has 1 aromatic carbocycles. The molecule has 2 amide bonds. The van der Waals surface area contributed by atoms with Crippen molar-refractivity contribution in [1.29, 1.82) is 0 Å². The topological polar surface area (TPSA) is 74.2 Å². The lowest BCUT2D eigenvalue weighted by Crippen LogP contribution is -2.53. The molecule has 0 saturated carbocycles. The SMILES string of the molecule is CCCC(C)(CO)NC(=O)NC(c1ccccc1)c1ccccn1. The minimum absolute atomic E-state index is 0.103. The minimum Gasteiger partial charge on any atom is -0.394 e. The third kappa shape index (κ3) is 4.80. The van der Waals surface area contributed by atoms with Crippen molar-refractivity contribution < 1.29 is 9.90 Å². The van der Waals surface area contributed by atoms with Crippen LogP contribution in [0.1, 0.15) is 44.0 Å². The van der Waals surface area contributed by atoms with Crippen LogP contribution in [-0.4, -0.2) is 28.3 Å². The smallest absolute Gasteiger partial charge is 0.316 e. The molecule has 0 aliphatic rings. The highest BCUT2D eigenvalue weighted by atomic mass is 16.3. The Morgan fingerprint density at radius 3 is 2.50 bits per heavy atom. The maximum absolute atomic E-state index is 12.5. The predicted molar refractivity (Wildman–Crippen MR) is 94.6 cm³/mol. The van der Waals surface area contributed by atoms with Gasteiger partial charge >= 0.3 is 6.03 Å². The van der Waals surface area contributed by atoms with Gasteiger partial charge in [-0.3, -0.25) is 4.98 Å². The summed E-state index contributed by atoms with van der Waals surface area (Å²) in [6.07, 6.45) is 3.29. The molecule has 0 radical (unpaired) electrons. The van der Waals surface area contributed by atoms with Gasteiger partial charge in [0, 0.05) is 6.20 Å². The van der Waals surface area contributed by atoms with Gasteiger partial charge in [0.1, 0.15) is 0 Å². The molecule has 2 rings (SSSR count). The monoisotopic (exact) mass is 327 g/mol. The molecule has 2 aromatic rings. The van der Waals surface area contributed by atoms with Crippen LogP contribution in [0.5, 0.6) is 0 Å². The predicted octanol–water partition coefficient (Wildman–Crippen LogP) is 3.02. The Morgan fingerprint density at radius 2 is 1.92 bits per heavy atom. The summed E-state index contributed by atoms with van der Waals surface area (Å²) in [5.74, 6) is 0. The number of urea groups is 1. The molecule has 0 saturated heterocycles. The van der Waals surface area contributed by atoms with E-state index in [1.54, 1.807) is 6.20 Å². The highest BCUT2D eigenvalue weighted by molar-refractivity contribution is 5.75. The van der Waals surface area contributed by atoms with Crippen LogP contribution in [-0.2, 0) is 0 Å². The van der Waals surface area contributed by atoms with E-state index in [1.807, 2.05) is 62.4 Å². The van der Waals surface area contributed by atoms with Crippen molar-refractivity contribution in [3.05, 3.63) is 66.0 Å². The molecule has 0 aliphatic heterocycles. The summed E-state index contributed by atoms with van der Waals surface area (Å²) in [7, 11) is 0. The number of aliphatic hydroxyl groups excluding tert-OH is 1. The Kier molecular flexibility index (Phi) is 6.32. The van der Waals surface area contributed by atoms with E-state index in [-0.39, 0.29) is 18.7 Å². The van der Waals surface area contributed by atoms with Crippen molar-refractivity contribution >= 4 is 6.03 Å². The van der Waals surface area contributed by atoms with Crippen molar-refractivity contribution in [2.75, 3.05) is 6.61 Å². The molecular formula is C19H25N3O2. The first-order valence-electron chi connectivity index (χ1n) is 8.23. The van der Waals surface area contributed by atoms with Crippen LogP contribution in [0.25, 0.3) is 0 Å². The maximum atomic E-state index is 12.5. The molecule has 5 heteroatoms. The number of benzene rings is 1. The minimum atomic E-state index is -0.635. The summed E-state index contributed by atoms with van der Waals surface area (Å²) in [6.45, 7) is 3.76. The standard InChI is InChI=1S/C19H25N3O2/c1-3-12-19(2,14-23)22-18(24)21-17(15-9-5-4-6-10-15)16-11-7-8-13-20-16/h4-11,13,17,23H,3,12,14H2,1-2H3,(H2,21,22,24). The fraction of sp³-hybridized carbons (Fsp3) is 0.368. The van der Waals surface area contributed by atoms with E-state index < -0.39 is 5.54 Å². The van der Waals surface area contributed by atoms with Gasteiger partial charge in [0.2, 0.25) is 0 Å². The van der Waals surface area contributed by atoms with Crippen LogP contribution in [0.2, 0.25) is 0 Å². The first kappa shape index (κ1) is 17.9. The first-order valence-corrected chi connectivity index (χ1v) is 8.23. The van der Waals surface area contributed by atoms with Gasteiger partial charge in [-0.05, 0) is 31.0 Å². The Hall–Kier alpha value is -2.40. The number of hydrogen-bond acceptors (Lipinski definition) is 3. The summed E-state index contributed by atoms with van der Waals surface area (Å²) < 4.78 is 0. The zero-order valence-corrected chi connectivity index (χ0v) is 14.2. The average Bonchev–Trinajstić information content (AvgIpc) is 2.61. The van der Waals surface area contributed by atoms with Crippen LogP contribution in [0.4, 0.5) is 4.79 Å². The lowest BCUT2D eigenvalue weighted by molar-refractivity contribution is 0.162. The number of aliphatic hydroxyl groups is 1. The number of pyridine rings is 1. The van der Waals surface area contributed by atoms with Gasteiger partial charge in [-0.2, -0.15) is 0 Å². The Bertz CT molecular complexity index is 594. The van der Waals surface area contributed by atoms with E-state index in [0.717, 1.165) is 17.7 Å². The summed E-state index contributed by atoms with van der Waals surface area (Å²) in [4.78, 5) is 16.9. The molecular weight excluding hydrogens is 302 g/mol. The van der Waals surface area contributed by atoms with Gasteiger partial charge in [0.25, 0.3) is 0 Å². The molecule has 2 atom stereocenters. The third-order valence-corrected chi connectivity index (χ3v) is 3.96. The molecule has 0 fully saturated rings. The highest BCUT2D eigenvalue weighted by Gasteiger charge is 2.26. The van der Waals surface area contributed by atoms with E-state index in [9.17, 15) is 9.90 Å². The highest BCUT2D eigenvalue weighted by Crippen LogP contribution is 2.20. The van der Waals surface area contributed by atoms with E-state index in [1.165, 1.54) is 0 Å². The number of nitrogens with zero attached hydrogens (tertiary/aromatic N) is 1. The van der Waals surface area contributed by atoms with Crippen LogP contribution in [0.3, 0.4) is 0 Å².